The molecule has 0 amide bonds. The van der Waals surface area contributed by atoms with Crippen LogP contribution in [0.3, 0.4) is 0 Å². The largest absolute Gasteiger partial charge is 0.458 e. The van der Waals surface area contributed by atoms with Gasteiger partial charge in [-0.3, -0.25) is 4.74 Å². The van der Waals surface area contributed by atoms with Crippen molar-refractivity contribution in [1.82, 2.24) is 0 Å². The van der Waals surface area contributed by atoms with Crippen LogP contribution in [0, 0.1) is 0 Å². The summed E-state index contributed by atoms with van der Waals surface area (Å²) in [6.07, 6.45) is -22.2. The fourth-order valence-corrected chi connectivity index (χ4v) is 1.47. The molecular formula is C7H4F11IO. The van der Waals surface area contributed by atoms with Gasteiger partial charge in [-0.15, -0.1) is 0 Å². The first-order valence-electron chi connectivity index (χ1n) is 4.36. The lowest BCUT2D eigenvalue weighted by Gasteiger charge is -2.35. The van der Waals surface area contributed by atoms with Gasteiger partial charge < -0.3 is 0 Å². The summed E-state index contributed by atoms with van der Waals surface area (Å²) in [5.74, 6) is -12.3. The van der Waals surface area contributed by atoms with Gasteiger partial charge in [-0.05, 0) is 0 Å². The maximum Gasteiger partial charge on any atom is 0.458 e. The monoisotopic (exact) mass is 440 g/mol. The Balaban J connectivity index is 5.62. The number of rotatable bonds is 5. The maximum absolute atomic E-state index is 12.8. The fraction of sp³-hybridized carbons (Fsp3) is 1.00. The first-order chi connectivity index (χ1) is 8.52. The van der Waals surface area contributed by atoms with Crippen molar-refractivity contribution < 1.29 is 53.0 Å². The molecule has 13 heteroatoms. The van der Waals surface area contributed by atoms with Crippen LogP contribution in [0.2, 0.25) is 0 Å². The SMILES string of the molecule is FC(F)(F)C(F)(OC(F)(F)C(F)(F)CCI)C(F)(F)F. The van der Waals surface area contributed by atoms with Gasteiger partial charge in [0.25, 0.3) is 0 Å². The van der Waals surface area contributed by atoms with Crippen LogP contribution in [0.15, 0.2) is 0 Å². The Kier molecular flexibility index (Phi) is 5.58. The molecule has 0 aliphatic rings. The van der Waals surface area contributed by atoms with Gasteiger partial charge in [0.2, 0.25) is 0 Å². The van der Waals surface area contributed by atoms with Crippen LogP contribution in [0.25, 0.3) is 0 Å². The predicted molar refractivity (Wildman–Crippen MR) is 50.4 cm³/mol. The number of hydrogen-bond acceptors (Lipinski definition) is 1. The van der Waals surface area contributed by atoms with Crippen molar-refractivity contribution in [2.75, 3.05) is 4.43 Å². The summed E-state index contributed by atoms with van der Waals surface area (Å²) in [6, 6.07) is 0. The van der Waals surface area contributed by atoms with Gasteiger partial charge in [-0.2, -0.15) is 48.3 Å². The van der Waals surface area contributed by atoms with Crippen molar-refractivity contribution in [3.8, 4) is 0 Å². The van der Waals surface area contributed by atoms with Crippen LogP contribution in [0.1, 0.15) is 6.42 Å². The summed E-state index contributed by atoms with van der Waals surface area (Å²) in [4.78, 5) is 0. The first kappa shape index (κ1) is 19.9. The third kappa shape index (κ3) is 3.76. The lowest BCUT2D eigenvalue weighted by Crippen LogP contribution is -2.61. The average Bonchev–Trinajstić information content (AvgIpc) is 2.12. The van der Waals surface area contributed by atoms with Gasteiger partial charge in [-0.1, -0.05) is 22.6 Å². The first-order valence-corrected chi connectivity index (χ1v) is 5.88. The minimum Gasteiger partial charge on any atom is -0.262 e. The Bertz CT molecular complexity index is 319. The minimum absolute atomic E-state index is 0.749. The Labute approximate surface area is 117 Å². The lowest BCUT2D eigenvalue weighted by atomic mass is 10.2. The van der Waals surface area contributed by atoms with E-state index in [2.05, 4.69) is 0 Å². The van der Waals surface area contributed by atoms with Crippen LogP contribution >= 0.6 is 22.6 Å². The number of alkyl halides is 12. The molecule has 0 saturated carbocycles. The predicted octanol–water partition coefficient (Wildman–Crippen LogP) is 4.85. The Morgan fingerprint density at radius 3 is 1.30 bits per heavy atom. The van der Waals surface area contributed by atoms with Gasteiger partial charge in [-0.25, -0.2) is 0 Å². The number of hydrogen-bond donors (Lipinski definition) is 0. The second-order valence-electron chi connectivity index (χ2n) is 3.35. The van der Waals surface area contributed by atoms with E-state index in [-0.39, 0.29) is 0 Å². The van der Waals surface area contributed by atoms with Crippen LogP contribution in [-0.2, 0) is 4.74 Å². The van der Waals surface area contributed by atoms with Crippen molar-refractivity contribution in [3.05, 3.63) is 0 Å². The van der Waals surface area contributed by atoms with Crippen LogP contribution in [0.5, 0.6) is 0 Å². The molecule has 0 radical (unpaired) electrons. The van der Waals surface area contributed by atoms with E-state index in [1.807, 2.05) is 4.74 Å². The van der Waals surface area contributed by atoms with E-state index >= 15 is 0 Å². The molecule has 0 aliphatic heterocycles. The molecule has 0 aromatic carbocycles. The Hall–Kier alpha value is -0.0800. The average molecular weight is 440 g/mol. The highest BCUT2D eigenvalue weighted by Crippen LogP contribution is 2.52. The Morgan fingerprint density at radius 1 is 0.700 bits per heavy atom. The molecule has 0 saturated heterocycles. The van der Waals surface area contributed by atoms with Crippen LogP contribution < -0.4 is 0 Å². The molecule has 0 heterocycles. The second kappa shape index (κ2) is 5.61. The zero-order valence-corrected chi connectivity index (χ0v) is 11.0. The van der Waals surface area contributed by atoms with E-state index in [1.54, 1.807) is 0 Å². The number of halogens is 12. The molecular weight excluding hydrogens is 436 g/mol. The highest BCUT2D eigenvalue weighted by Gasteiger charge is 2.79. The normalized spacial score (nSPS) is 15.6. The molecule has 0 aromatic heterocycles. The molecule has 0 aliphatic carbocycles. The third-order valence-electron chi connectivity index (χ3n) is 1.83. The smallest absolute Gasteiger partial charge is 0.262 e. The van der Waals surface area contributed by atoms with Gasteiger partial charge in [0, 0.05) is 10.8 Å². The lowest BCUT2D eigenvalue weighted by molar-refractivity contribution is -0.502. The fourth-order valence-electron chi connectivity index (χ4n) is 0.792. The minimum atomic E-state index is -7.02. The molecule has 0 rings (SSSR count). The highest BCUT2D eigenvalue weighted by molar-refractivity contribution is 14.1. The Morgan fingerprint density at radius 2 is 1.05 bits per heavy atom. The topological polar surface area (TPSA) is 9.23 Å². The summed E-state index contributed by atoms with van der Waals surface area (Å²) in [6.45, 7) is 0. The van der Waals surface area contributed by atoms with Gasteiger partial charge in [0.15, 0.2) is 0 Å². The second-order valence-corrected chi connectivity index (χ2v) is 4.43. The van der Waals surface area contributed by atoms with E-state index in [0.717, 1.165) is 22.6 Å². The molecule has 122 valence electrons. The summed E-state index contributed by atoms with van der Waals surface area (Å²) in [5.41, 5.74) is 0. The van der Waals surface area contributed by atoms with E-state index in [1.165, 1.54) is 0 Å². The van der Waals surface area contributed by atoms with E-state index in [9.17, 15) is 48.3 Å². The van der Waals surface area contributed by atoms with Crippen molar-refractivity contribution in [2.24, 2.45) is 0 Å². The van der Waals surface area contributed by atoms with Gasteiger partial charge in [0.05, 0.1) is 0 Å². The van der Waals surface area contributed by atoms with Crippen molar-refractivity contribution in [3.63, 3.8) is 0 Å². The van der Waals surface area contributed by atoms with Crippen molar-refractivity contribution in [2.45, 2.75) is 36.7 Å². The molecule has 0 aromatic rings. The summed E-state index contributed by atoms with van der Waals surface area (Å²) >= 11 is 1.12. The standard InChI is InChI=1S/C7H4F11IO/c8-3(9,1-2-19)7(17,18)20-4(10,5(11,12)13)6(14,15)16/h1-2H2. The molecule has 0 N–H and O–H groups in total. The molecule has 0 unspecified atom stereocenters. The third-order valence-corrected chi connectivity index (χ3v) is 2.37. The van der Waals surface area contributed by atoms with Crippen LogP contribution in [-0.4, -0.2) is 34.7 Å². The van der Waals surface area contributed by atoms with Crippen LogP contribution in [0.4, 0.5) is 48.3 Å². The summed E-state index contributed by atoms with van der Waals surface area (Å²) in [7, 11) is 0. The molecule has 0 spiro atoms. The van der Waals surface area contributed by atoms with Gasteiger partial charge >= 0.3 is 30.2 Å². The number of ether oxygens (including phenoxy) is 1. The zero-order valence-electron chi connectivity index (χ0n) is 8.86. The zero-order chi connectivity index (χ0) is 16.6. The molecule has 0 bridgehead atoms. The van der Waals surface area contributed by atoms with Crippen molar-refractivity contribution in [1.29, 1.82) is 0 Å². The van der Waals surface area contributed by atoms with E-state index in [0.29, 0.717) is 0 Å². The summed E-state index contributed by atoms with van der Waals surface area (Å²) in [5, 5.41) is 0. The molecule has 0 fully saturated rings. The quantitative estimate of drug-likeness (QED) is 0.338. The van der Waals surface area contributed by atoms with Gasteiger partial charge in [0.1, 0.15) is 0 Å². The summed E-state index contributed by atoms with van der Waals surface area (Å²) < 4.78 is 136. The molecule has 0 atom stereocenters. The highest BCUT2D eigenvalue weighted by atomic mass is 127. The van der Waals surface area contributed by atoms with E-state index in [4.69, 9.17) is 0 Å². The van der Waals surface area contributed by atoms with Crippen molar-refractivity contribution >= 4 is 22.6 Å². The molecule has 1 nitrogen and oxygen atoms in total. The van der Waals surface area contributed by atoms with E-state index < -0.39 is 41.1 Å². The molecule has 20 heavy (non-hydrogen) atoms. The maximum atomic E-state index is 12.8.